The topological polar surface area (TPSA) is 70.6 Å². The van der Waals surface area contributed by atoms with Gasteiger partial charge in [-0.15, -0.1) is 0 Å². The zero-order valence-corrected chi connectivity index (χ0v) is 16.8. The van der Waals surface area contributed by atoms with Crippen molar-refractivity contribution in [3.63, 3.8) is 0 Å². The molecule has 0 bridgehead atoms. The van der Waals surface area contributed by atoms with Crippen molar-refractivity contribution in [2.75, 3.05) is 5.32 Å². The molecule has 5 nitrogen and oxygen atoms in total. The summed E-state index contributed by atoms with van der Waals surface area (Å²) in [6.45, 7) is 3.85. The molecule has 4 aromatic carbocycles. The molecule has 0 saturated carbocycles. The zero-order chi connectivity index (χ0) is 21.1. The highest BCUT2D eigenvalue weighted by molar-refractivity contribution is 6.39. The first-order chi connectivity index (χ1) is 14.5. The van der Waals surface area contributed by atoms with Gasteiger partial charge >= 0.3 is 11.8 Å². The van der Waals surface area contributed by atoms with E-state index < -0.39 is 11.8 Å². The van der Waals surface area contributed by atoms with Gasteiger partial charge in [0.25, 0.3) is 0 Å². The lowest BCUT2D eigenvalue weighted by Gasteiger charge is -2.09. The number of fused-ring (bicyclic) bond motifs is 2. The van der Waals surface area contributed by atoms with Crippen molar-refractivity contribution < 1.29 is 9.59 Å². The fourth-order valence-electron chi connectivity index (χ4n) is 3.53. The molecule has 0 radical (unpaired) electrons. The third-order valence-electron chi connectivity index (χ3n) is 5.01. The number of carbonyl (C=O) groups excluding carboxylic acids is 2. The lowest BCUT2D eigenvalue weighted by atomic mass is 9.97. The average Bonchev–Trinajstić information content (AvgIpc) is 2.75. The molecule has 4 rings (SSSR count). The minimum atomic E-state index is -0.823. The van der Waals surface area contributed by atoms with Crippen LogP contribution < -0.4 is 10.7 Å². The summed E-state index contributed by atoms with van der Waals surface area (Å²) in [5.41, 5.74) is 5.79. The van der Waals surface area contributed by atoms with Gasteiger partial charge in [-0.25, -0.2) is 5.43 Å². The summed E-state index contributed by atoms with van der Waals surface area (Å²) in [7, 11) is 0. The van der Waals surface area contributed by atoms with Crippen molar-refractivity contribution >= 4 is 45.3 Å². The summed E-state index contributed by atoms with van der Waals surface area (Å²) in [6, 6.07) is 23.7. The second-order valence-corrected chi connectivity index (χ2v) is 7.20. The SMILES string of the molecule is Cc1ccc(NC(=O)C(=O)N/N=C/c2c3ccccc3cc3ccccc23)c(C)c1. The summed E-state index contributed by atoms with van der Waals surface area (Å²) in [6.07, 6.45) is 1.59. The number of hydrazone groups is 1. The van der Waals surface area contributed by atoms with Crippen molar-refractivity contribution in [2.24, 2.45) is 5.10 Å². The number of aryl methyl sites for hydroxylation is 2. The second-order valence-electron chi connectivity index (χ2n) is 7.20. The molecule has 2 amide bonds. The number of hydrogen-bond donors (Lipinski definition) is 2. The monoisotopic (exact) mass is 395 g/mol. The van der Waals surface area contributed by atoms with Gasteiger partial charge in [0, 0.05) is 11.3 Å². The van der Waals surface area contributed by atoms with Crippen molar-refractivity contribution in [3.8, 4) is 0 Å². The van der Waals surface area contributed by atoms with Gasteiger partial charge in [-0.1, -0.05) is 66.2 Å². The van der Waals surface area contributed by atoms with Crippen LogP contribution in [0.1, 0.15) is 16.7 Å². The summed E-state index contributed by atoms with van der Waals surface area (Å²) in [5, 5.41) is 10.9. The Balaban J connectivity index is 1.56. The first-order valence-electron chi connectivity index (χ1n) is 9.65. The van der Waals surface area contributed by atoms with Crippen LogP contribution in [0.15, 0.2) is 77.9 Å². The zero-order valence-electron chi connectivity index (χ0n) is 16.8. The van der Waals surface area contributed by atoms with Crippen LogP contribution in [0.3, 0.4) is 0 Å². The molecule has 0 aliphatic heterocycles. The Morgan fingerprint density at radius 1 is 0.800 bits per heavy atom. The predicted molar refractivity (Wildman–Crippen MR) is 122 cm³/mol. The van der Waals surface area contributed by atoms with Gasteiger partial charge in [0.05, 0.1) is 6.21 Å². The van der Waals surface area contributed by atoms with E-state index in [0.29, 0.717) is 5.69 Å². The number of amides is 2. The number of hydrogen-bond acceptors (Lipinski definition) is 3. The molecule has 5 heteroatoms. The van der Waals surface area contributed by atoms with Crippen molar-refractivity contribution in [3.05, 3.63) is 89.5 Å². The third-order valence-corrected chi connectivity index (χ3v) is 5.01. The Morgan fingerprint density at radius 2 is 1.43 bits per heavy atom. The highest BCUT2D eigenvalue weighted by Crippen LogP contribution is 2.27. The van der Waals surface area contributed by atoms with E-state index in [1.54, 1.807) is 12.3 Å². The minimum absolute atomic E-state index is 0.602. The van der Waals surface area contributed by atoms with Gasteiger partial charge in [0.2, 0.25) is 0 Å². The van der Waals surface area contributed by atoms with Crippen LogP contribution in [-0.2, 0) is 9.59 Å². The van der Waals surface area contributed by atoms with E-state index >= 15 is 0 Å². The molecule has 0 aliphatic rings. The Bertz CT molecular complexity index is 1250. The molecule has 0 atom stereocenters. The number of benzene rings is 4. The smallest absolute Gasteiger partial charge is 0.317 e. The van der Waals surface area contributed by atoms with Crippen molar-refractivity contribution in [1.82, 2.24) is 5.43 Å². The molecule has 0 heterocycles. The summed E-state index contributed by atoms with van der Waals surface area (Å²) in [4.78, 5) is 24.4. The summed E-state index contributed by atoms with van der Waals surface area (Å²) < 4.78 is 0. The van der Waals surface area contributed by atoms with E-state index in [-0.39, 0.29) is 0 Å². The molecule has 2 N–H and O–H groups in total. The van der Waals surface area contributed by atoms with Gasteiger partial charge in [0.1, 0.15) is 0 Å². The largest absolute Gasteiger partial charge is 0.329 e. The molecule has 0 aromatic heterocycles. The Kier molecular flexibility index (Phi) is 5.26. The highest BCUT2D eigenvalue weighted by Gasteiger charge is 2.14. The molecular formula is C25H21N3O2. The van der Waals surface area contributed by atoms with Gasteiger partial charge in [0.15, 0.2) is 0 Å². The molecule has 0 aliphatic carbocycles. The maximum Gasteiger partial charge on any atom is 0.329 e. The van der Waals surface area contributed by atoms with Crippen molar-refractivity contribution in [2.45, 2.75) is 13.8 Å². The van der Waals surface area contributed by atoms with E-state index in [9.17, 15) is 9.59 Å². The van der Waals surface area contributed by atoms with Gasteiger partial charge in [-0.05, 0) is 53.1 Å². The lowest BCUT2D eigenvalue weighted by Crippen LogP contribution is -2.32. The molecule has 30 heavy (non-hydrogen) atoms. The lowest BCUT2D eigenvalue weighted by molar-refractivity contribution is -0.136. The van der Waals surface area contributed by atoms with Gasteiger partial charge < -0.3 is 5.32 Å². The summed E-state index contributed by atoms with van der Waals surface area (Å²) in [5.74, 6) is -1.59. The number of nitrogens with one attached hydrogen (secondary N) is 2. The quantitative estimate of drug-likeness (QED) is 0.228. The highest BCUT2D eigenvalue weighted by atomic mass is 16.2. The predicted octanol–water partition coefficient (Wildman–Crippen LogP) is 4.70. The molecule has 4 aromatic rings. The van der Waals surface area contributed by atoms with Crippen LogP contribution in [-0.4, -0.2) is 18.0 Å². The first kappa shape index (κ1) is 19.3. The Hall–Kier alpha value is -3.99. The van der Waals surface area contributed by atoms with Crippen LogP contribution in [0.5, 0.6) is 0 Å². The Labute approximate surface area is 174 Å². The molecular weight excluding hydrogens is 374 g/mol. The fraction of sp³-hybridized carbons (Fsp3) is 0.0800. The van der Waals surface area contributed by atoms with Crippen LogP contribution >= 0.6 is 0 Å². The van der Waals surface area contributed by atoms with E-state index in [4.69, 9.17) is 0 Å². The number of anilines is 1. The maximum atomic E-state index is 12.2. The van der Waals surface area contributed by atoms with Crippen molar-refractivity contribution in [1.29, 1.82) is 0 Å². The number of carbonyl (C=O) groups is 2. The Morgan fingerprint density at radius 3 is 2.07 bits per heavy atom. The van der Waals surface area contributed by atoms with E-state index in [0.717, 1.165) is 38.2 Å². The maximum absolute atomic E-state index is 12.2. The second kappa shape index (κ2) is 8.17. The van der Waals surface area contributed by atoms with E-state index in [2.05, 4.69) is 21.9 Å². The van der Waals surface area contributed by atoms with Crippen LogP contribution in [0, 0.1) is 13.8 Å². The molecule has 0 spiro atoms. The van der Waals surface area contributed by atoms with E-state index in [1.807, 2.05) is 74.5 Å². The molecule has 0 saturated heterocycles. The van der Waals surface area contributed by atoms with Crippen LogP contribution in [0.4, 0.5) is 5.69 Å². The van der Waals surface area contributed by atoms with Crippen LogP contribution in [0.2, 0.25) is 0 Å². The first-order valence-corrected chi connectivity index (χ1v) is 9.65. The molecule has 148 valence electrons. The summed E-state index contributed by atoms with van der Waals surface area (Å²) >= 11 is 0. The van der Waals surface area contributed by atoms with E-state index in [1.165, 1.54) is 0 Å². The van der Waals surface area contributed by atoms with Gasteiger partial charge in [-0.2, -0.15) is 5.10 Å². The average molecular weight is 395 g/mol. The third kappa shape index (κ3) is 3.91. The van der Waals surface area contributed by atoms with Crippen LogP contribution in [0.25, 0.3) is 21.5 Å². The molecule has 0 unspecified atom stereocenters. The number of rotatable bonds is 3. The normalized spacial score (nSPS) is 11.1. The fourth-order valence-corrected chi connectivity index (χ4v) is 3.53. The molecule has 0 fully saturated rings. The standard InChI is InChI=1S/C25H21N3O2/c1-16-11-12-23(17(2)13-16)27-24(29)25(30)28-26-15-22-20-9-5-3-7-18(20)14-19-8-4-6-10-21(19)22/h3-15H,1-2H3,(H,27,29)(H,28,30)/b26-15+. The number of nitrogens with zero attached hydrogens (tertiary/aromatic N) is 1. The van der Waals surface area contributed by atoms with Gasteiger partial charge in [-0.3, -0.25) is 9.59 Å². The minimum Gasteiger partial charge on any atom is -0.317 e.